The fraction of sp³-hybridized carbons (Fsp3) is 0.429. The maximum Gasteiger partial charge on any atom is 0.273 e. The summed E-state index contributed by atoms with van der Waals surface area (Å²) in [7, 11) is 0. The SMILES string of the molecule is O=C1CN(C(=O)c2cc(-c3ccc(Cl)c(Cl)c3)ncn2)CCN1CC1CCOCC1. The number of carbonyl (C=O) groups excluding carboxylic acids is 2. The fourth-order valence-electron chi connectivity index (χ4n) is 3.77. The van der Waals surface area contributed by atoms with E-state index in [1.54, 1.807) is 29.2 Å². The van der Waals surface area contributed by atoms with Crippen LogP contribution in [-0.4, -0.2) is 71.0 Å². The zero-order chi connectivity index (χ0) is 21.1. The number of ether oxygens (including phenoxy) is 1. The van der Waals surface area contributed by atoms with Crippen molar-refractivity contribution in [3.8, 4) is 11.3 Å². The molecule has 9 heteroatoms. The summed E-state index contributed by atoms with van der Waals surface area (Å²) in [6, 6.07) is 6.77. The van der Waals surface area contributed by atoms with Gasteiger partial charge in [0, 0.05) is 38.4 Å². The number of aromatic nitrogens is 2. The van der Waals surface area contributed by atoms with Crippen LogP contribution in [0.3, 0.4) is 0 Å². The van der Waals surface area contributed by atoms with Gasteiger partial charge in [0.1, 0.15) is 18.6 Å². The average Bonchev–Trinajstić information content (AvgIpc) is 2.77. The van der Waals surface area contributed by atoms with E-state index in [1.165, 1.54) is 6.33 Å². The number of carbonyl (C=O) groups is 2. The molecule has 0 N–H and O–H groups in total. The Morgan fingerprint density at radius 1 is 1.10 bits per heavy atom. The van der Waals surface area contributed by atoms with E-state index in [0.717, 1.165) is 38.2 Å². The van der Waals surface area contributed by atoms with Crippen molar-refractivity contribution in [2.45, 2.75) is 12.8 Å². The minimum Gasteiger partial charge on any atom is -0.381 e. The predicted octanol–water partition coefficient (Wildman–Crippen LogP) is 3.16. The highest BCUT2D eigenvalue weighted by Crippen LogP contribution is 2.27. The molecule has 2 amide bonds. The van der Waals surface area contributed by atoms with Crippen LogP contribution in [0.15, 0.2) is 30.6 Å². The number of rotatable bonds is 4. The predicted molar refractivity (Wildman–Crippen MR) is 114 cm³/mol. The lowest BCUT2D eigenvalue weighted by atomic mass is 9.99. The van der Waals surface area contributed by atoms with E-state index in [1.807, 2.05) is 4.90 Å². The third-order valence-corrected chi connectivity index (χ3v) is 6.27. The van der Waals surface area contributed by atoms with Gasteiger partial charge in [0.05, 0.1) is 15.7 Å². The van der Waals surface area contributed by atoms with Crippen LogP contribution in [0.25, 0.3) is 11.3 Å². The van der Waals surface area contributed by atoms with Crippen LogP contribution in [-0.2, 0) is 9.53 Å². The minimum absolute atomic E-state index is 0.0279. The monoisotopic (exact) mass is 448 g/mol. The van der Waals surface area contributed by atoms with Gasteiger partial charge in [-0.1, -0.05) is 29.3 Å². The Hall–Kier alpha value is -2.22. The number of benzene rings is 1. The lowest BCUT2D eigenvalue weighted by Crippen LogP contribution is -2.53. The summed E-state index contributed by atoms with van der Waals surface area (Å²) in [4.78, 5) is 37.3. The molecule has 1 aromatic heterocycles. The topological polar surface area (TPSA) is 75.6 Å². The van der Waals surface area contributed by atoms with Gasteiger partial charge in [0.25, 0.3) is 5.91 Å². The second-order valence-corrected chi connectivity index (χ2v) is 8.35. The van der Waals surface area contributed by atoms with Crippen molar-refractivity contribution in [3.05, 3.63) is 46.3 Å². The highest BCUT2D eigenvalue weighted by molar-refractivity contribution is 6.42. The molecule has 0 bridgehead atoms. The van der Waals surface area contributed by atoms with E-state index in [2.05, 4.69) is 9.97 Å². The number of halogens is 2. The first kappa shape index (κ1) is 21.0. The molecule has 4 rings (SSSR count). The lowest BCUT2D eigenvalue weighted by Gasteiger charge is -2.36. The Kier molecular flexibility index (Phi) is 6.51. The minimum atomic E-state index is -0.280. The van der Waals surface area contributed by atoms with Crippen molar-refractivity contribution in [1.82, 2.24) is 19.8 Å². The largest absolute Gasteiger partial charge is 0.381 e. The van der Waals surface area contributed by atoms with Crippen LogP contribution in [0.2, 0.25) is 10.0 Å². The van der Waals surface area contributed by atoms with Crippen molar-refractivity contribution in [1.29, 1.82) is 0 Å². The van der Waals surface area contributed by atoms with Gasteiger partial charge in [0.15, 0.2) is 0 Å². The maximum atomic E-state index is 12.9. The first-order valence-electron chi connectivity index (χ1n) is 9.93. The third-order valence-electron chi connectivity index (χ3n) is 5.53. The maximum absolute atomic E-state index is 12.9. The molecular formula is C21H22Cl2N4O3. The molecule has 7 nitrogen and oxygen atoms in total. The summed E-state index contributed by atoms with van der Waals surface area (Å²) in [6.07, 6.45) is 3.30. The molecule has 0 atom stereocenters. The third kappa shape index (κ3) is 4.74. The zero-order valence-corrected chi connectivity index (χ0v) is 17.9. The molecule has 0 radical (unpaired) electrons. The van der Waals surface area contributed by atoms with E-state index in [9.17, 15) is 9.59 Å². The molecule has 3 heterocycles. The van der Waals surface area contributed by atoms with Crippen LogP contribution in [0.5, 0.6) is 0 Å². The summed E-state index contributed by atoms with van der Waals surface area (Å²) in [6.45, 7) is 3.33. The highest BCUT2D eigenvalue weighted by atomic mass is 35.5. The van der Waals surface area contributed by atoms with Gasteiger partial charge in [-0.2, -0.15) is 0 Å². The summed E-state index contributed by atoms with van der Waals surface area (Å²) < 4.78 is 5.38. The van der Waals surface area contributed by atoms with E-state index in [4.69, 9.17) is 27.9 Å². The molecule has 2 fully saturated rings. The van der Waals surface area contributed by atoms with Gasteiger partial charge in [-0.05, 0) is 37.0 Å². The van der Waals surface area contributed by atoms with Gasteiger partial charge in [-0.15, -0.1) is 0 Å². The van der Waals surface area contributed by atoms with Crippen molar-refractivity contribution >= 4 is 35.0 Å². The Morgan fingerprint density at radius 2 is 1.90 bits per heavy atom. The Bertz CT molecular complexity index is 950. The summed E-state index contributed by atoms with van der Waals surface area (Å²) in [5.41, 5.74) is 1.55. The number of piperazine rings is 1. The number of hydrogen-bond acceptors (Lipinski definition) is 5. The van der Waals surface area contributed by atoms with E-state index in [-0.39, 0.29) is 24.1 Å². The van der Waals surface area contributed by atoms with Crippen LogP contribution < -0.4 is 0 Å². The summed E-state index contributed by atoms with van der Waals surface area (Å²) in [5, 5.41) is 0.856. The average molecular weight is 449 g/mol. The molecule has 0 aliphatic carbocycles. The van der Waals surface area contributed by atoms with Gasteiger partial charge in [0.2, 0.25) is 5.91 Å². The molecule has 2 saturated heterocycles. The standard InChI is InChI=1S/C21H22Cl2N4O3/c22-16-2-1-15(9-17(16)23)18-10-19(25-13-24-18)21(29)27-6-5-26(20(28)12-27)11-14-3-7-30-8-4-14/h1-2,9-10,13-14H,3-8,11-12H2. The fourth-order valence-corrected chi connectivity index (χ4v) is 4.06. The Labute approximate surface area is 184 Å². The van der Waals surface area contributed by atoms with E-state index < -0.39 is 0 Å². The van der Waals surface area contributed by atoms with Gasteiger partial charge >= 0.3 is 0 Å². The lowest BCUT2D eigenvalue weighted by molar-refractivity contribution is -0.136. The Morgan fingerprint density at radius 3 is 2.63 bits per heavy atom. The number of hydrogen-bond donors (Lipinski definition) is 0. The molecular weight excluding hydrogens is 427 g/mol. The van der Waals surface area contributed by atoms with Crippen molar-refractivity contribution in [3.63, 3.8) is 0 Å². The smallest absolute Gasteiger partial charge is 0.273 e. The molecule has 2 aliphatic rings. The second-order valence-electron chi connectivity index (χ2n) is 7.54. The van der Waals surface area contributed by atoms with Gasteiger partial charge in [-0.3, -0.25) is 9.59 Å². The first-order valence-corrected chi connectivity index (χ1v) is 10.7. The van der Waals surface area contributed by atoms with Crippen molar-refractivity contribution in [2.24, 2.45) is 5.92 Å². The first-order chi connectivity index (χ1) is 14.5. The zero-order valence-electron chi connectivity index (χ0n) is 16.4. The molecule has 2 aliphatic heterocycles. The van der Waals surface area contributed by atoms with Crippen molar-refractivity contribution < 1.29 is 14.3 Å². The molecule has 1 aromatic carbocycles. The number of nitrogens with zero attached hydrogens (tertiary/aromatic N) is 4. The van der Waals surface area contributed by atoms with Gasteiger partial charge in [-0.25, -0.2) is 9.97 Å². The molecule has 2 aromatic rings. The normalized spacial score (nSPS) is 18.0. The quantitative estimate of drug-likeness (QED) is 0.717. The Balaban J connectivity index is 1.42. The molecule has 30 heavy (non-hydrogen) atoms. The van der Waals surface area contributed by atoms with Gasteiger partial charge < -0.3 is 14.5 Å². The molecule has 158 valence electrons. The van der Waals surface area contributed by atoms with Crippen LogP contribution in [0, 0.1) is 5.92 Å². The van der Waals surface area contributed by atoms with E-state index >= 15 is 0 Å². The highest BCUT2D eigenvalue weighted by Gasteiger charge is 2.30. The summed E-state index contributed by atoms with van der Waals surface area (Å²) >= 11 is 12.1. The van der Waals surface area contributed by atoms with Crippen molar-refractivity contribution in [2.75, 3.05) is 39.4 Å². The van der Waals surface area contributed by atoms with Crippen LogP contribution in [0.1, 0.15) is 23.3 Å². The molecule has 0 saturated carbocycles. The van der Waals surface area contributed by atoms with E-state index in [0.29, 0.717) is 34.7 Å². The number of amides is 2. The molecule has 0 spiro atoms. The molecule has 0 unspecified atom stereocenters. The van der Waals surface area contributed by atoms with Crippen LogP contribution >= 0.6 is 23.2 Å². The van der Waals surface area contributed by atoms with Crippen LogP contribution in [0.4, 0.5) is 0 Å². The summed E-state index contributed by atoms with van der Waals surface area (Å²) in [5.74, 6) is 0.165. The second kappa shape index (κ2) is 9.29.